The van der Waals surface area contributed by atoms with E-state index in [9.17, 15) is 14.4 Å². The number of aryl methyl sites for hydroxylation is 1. The molecule has 0 bridgehead atoms. The van der Waals surface area contributed by atoms with Gasteiger partial charge in [0.2, 0.25) is 0 Å². The van der Waals surface area contributed by atoms with Crippen LogP contribution in [0.2, 0.25) is 0 Å². The lowest BCUT2D eigenvalue weighted by Crippen LogP contribution is -2.51. The van der Waals surface area contributed by atoms with E-state index in [2.05, 4.69) is 15.6 Å². The minimum Gasteiger partial charge on any atom is -0.354 e. The fraction of sp³-hybridized carbons (Fsp3) is 0.696. The van der Waals surface area contributed by atoms with Gasteiger partial charge >= 0.3 is 6.03 Å². The van der Waals surface area contributed by atoms with Crippen molar-refractivity contribution in [3.63, 3.8) is 0 Å². The molecule has 0 atom stereocenters. The van der Waals surface area contributed by atoms with E-state index >= 15 is 0 Å². The Kier molecular flexibility index (Phi) is 7.56. The van der Waals surface area contributed by atoms with Gasteiger partial charge in [0.1, 0.15) is 5.69 Å². The summed E-state index contributed by atoms with van der Waals surface area (Å²) in [5.74, 6) is -0.164. The summed E-state index contributed by atoms with van der Waals surface area (Å²) < 4.78 is 0. The SMILES string of the molecule is CCCc1c(C(=O)NC2CCN(C(=O)NC3CCCCC3)CC2)[nH]c(C)c1C(C)=O. The number of urea groups is 1. The number of ketones is 1. The smallest absolute Gasteiger partial charge is 0.317 e. The second-order valence-corrected chi connectivity index (χ2v) is 8.80. The van der Waals surface area contributed by atoms with Gasteiger partial charge in [-0.3, -0.25) is 9.59 Å². The Morgan fingerprint density at radius 3 is 2.23 bits per heavy atom. The zero-order valence-electron chi connectivity index (χ0n) is 18.6. The first-order valence-electron chi connectivity index (χ1n) is 11.5. The molecule has 3 rings (SSSR count). The van der Waals surface area contributed by atoms with Crippen LogP contribution in [0, 0.1) is 6.92 Å². The number of aromatic nitrogens is 1. The number of Topliss-reactive ketones (excluding diaryl/α,β-unsaturated/α-hetero) is 1. The first-order valence-corrected chi connectivity index (χ1v) is 11.5. The number of hydrogen-bond acceptors (Lipinski definition) is 3. The number of aromatic amines is 1. The third-order valence-electron chi connectivity index (χ3n) is 6.42. The number of likely N-dealkylation sites (tertiary alicyclic amines) is 1. The zero-order valence-corrected chi connectivity index (χ0v) is 18.6. The topological polar surface area (TPSA) is 94.3 Å². The Balaban J connectivity index is 1.54. The quantitative estimate of drug-likeness (QED) is 0.617. The first kappa shape index (κ1) is 22.4. The lowest BCUT2D eigenvalue weighted by Gasteiger charge is -2.34. The Morgan fingerprint density at radius 1 is 1.00 bits per heavy atom. The molecule has 3 N–H and O–H groups in total. The average molecular weight is 417 g/mol. The molecule has 2 aliphatic rings. The molecule has 1 aliphatic carbocycles. The van der Waals surface area contributed by atoms with Gasteiger partial charge < -0.3 is 20.5 Å². The molecule has 1 saturated carbocycles. The van der Waals surface area contributed by atoms with Crippen molar-refractivity contribution in [1.29, 1.82) is 0 Å². The van der Waals surface area contributed by atoms with Crippen molar-refractivity contribution in [2.45, 2.75) is 90.6 Å². The summed E-state index contributed by atoms with van der Waals surface area (Å²) in [4.78, 5) is 42.5. The van der Waals surface area contributed by atoms with Crippen LogP contribution in [0.1, 0.15) is 97.3 Å². The van der Waals surface area contributed by atoms with Gasteiger partial charge in [-0.05, 0) is 51.5 Å². The van der Waals surface area contributed by atoms with Crippen LogP contribution in [-0.2, 0) is 6.42 Å². The second kappa shape index (κ2) is 10.1. The molecule has 166 valence electrons. The highest BCUT2D eigenvalue weighted by Crippen LogP contribution is 2.22. The molecular weight excluding hydrogens is 380 g/mol. The van der Waals surface area contributed by atoms with Gasteiger partial charge in [0.25, 0.3) is 5.91 Å². The van der Waals surface area contributed by atoms with Crippen LogP contribution < -0.4 is 10.6 Å². The van der Waals surface area contributed by atoms with Gasteiger partial charge in [-0.2, -0.15) is 0 Å². The number of piperidine rings is 1. The van der Waals surface area contributed by atoms with Crippen molar-refractivity contribution in [2.75, 3.05) is 13.1 Å². The van der Waals surface area contributed by atoms with E-state index < -0.39 is 0 Å². The van der Waals surface area contributed by atoms with Crippen molar-refractivity contribution in [3.05, 3.63) is 22.5 Å². The van der Waals surface area contributed by atoms with Crippen molar-refractivity contribution in [1.82, 2.24) is 20.5 Å². The number of rotatable bonds is 6. The largest absolute Gasteiger partial charge is 0.354 e. The first-order chi connectivity index (χ1) is 14.4. The Bertz CT molecular complexity index is 772. The summed E-state index contributed by atoms with van der Waals surface area (Å²) >= 11 is 0. The maximum Gasteiger partial charge on any atom is 0.317 e. The normalized spacial score (nSPS) is 18.3. The summed E-state index contributed by atoms with van der Waals surface area (Å²) in [7, 11) is 0. The maximum absolute atomic E-state index is 12.9. The van der Waals surface area contributed by atoms with Gasteiger partial charge in [-0.15, -0.1) is 0 Å². The third kappa shape index (κ3) is 5.24. The van der Waals surface area contributed by atoms with Gasteiger partial charge in [-0.25, -0.2) is 4.79 Å². The molecule has 30 heavy (non-hydrogen) atoms. The summed E-state index contributed by atoms with van der Waals surface area (Å²) in [5, 5.41) is 6.29. The highest BCUT2D eigenvalue weighted by molar-refractivity contribution is 6.02. The summed E-state index contributed by atoms with van der Waals surface area (Å²) in [6.45, 7) is 6.73. The summed E-state index contributed by atoms with van der Waals surface area (Å²) in [6.07, 6.45) is 8.87. The van der Waals surface area contributed by atoms with E-state index in [1.165, 1.54) is 19.3 Å². The highest BCUT2D eigenvalue weighted by Gasteiger charge is 2.28. The monoisotopic (exact) mass is 416 g/mol. The molecule has 7 nitrogen and oxygen atoms in total. The average Bonchev–Trinajstić information content (AvgIpc) is 3.06. The van der Waals surface area contributed by atoms with Crippen LogP contribution in [0.4, 0.5) is 4.79 Å². The molecule has 1 aromatic rings. The second-order valence-electron chi connectivity index (χ2n) is 8.80. The van der Waals surface area contributed by atoms with Crippen molar-refractivity contribution in [3.8, 4) is 0 Å². The highest BCUT2D eigenvalue weighted by atomic mass is 16.2. The number of nitrogens with zero attached hydrogens (tertiary/aromatic N) is 1. The number of amides is 3. The van der Waals surface area contributed by atoms with E-state index in [1.807, 2.05) is 18.7 Å². The molecule has 0 spiro atoms. The third-order valence-corrected chi connectivity index (χ3v) is 6.42. The van der Waals surface area contributed by atoms with Gasteiger partial charge in [0, 0.05) is 36.4 Å². The molecule has 0 radical (unpaired) electrons. The lowest BCUT2D eigenvalue weighted by atomic mass is 9.95. The van der Waals surface area contributed by atoms with E-state index in [4.69, 9.17) is 0 Å². The molecule has 2 heterocycles. The van der Waals surface area contributed by atoms with E-state index in [1.54, 1.807) is 6.92 Å². The number of carbonyl (C=O) groups excluding carboxylic acids is 3. The molecule has 1 aliphatic heterocycles. The Morgan fingerprint density at radius 2 is 1.63 bits per heavy atom. The molecular formula is C23H36N4O3. The van der Waals surface area contributed by atoms with Crippen LogP contribution in [-0.4, -0.2) is 52.8 Å². The fourth-order valence-electron chi connectivity index (χ4n) is 4.84. The standard InChI is InChI=1S/C23H36N4O3/c1-4-8-19-20(16(3)28)15(2)24-21(19)22(29)25-18-11-13-27(14-12-18)23(30)26-17-9-6-5-7-10-17/h17-18,24H,4-14H2,1-3H3,(H,25,29)(H,26,30). The number of hydrogen-bond donors (Lipinski definition) is 3. The molecule has 2 fully saturated rings. The van der Waals surface area contributed by atoms with Gasteiger partial charge in [0.05, 0.1) is 0 Å². The molecule has 3 amide bonds. The Hall–Kier alpha value is -2.31. The minimum absolute atomic E-state index is 0.0106. The predicted molar refractivity (Wildman–Crippen MR) is 117 cm³/mol. The van der Waals surface area contributed by atoms with Crippen LogP contribution in [0.5, 0.6) is 0 Å². The molecule has 0 unspecified atom stereocenters. The van der Waals surface area contributed by atoms with E-state index in [0.717, 1.165) is 43.4 Å². The zero-order chi connectivity index (χ0) is 21.7. The Labute approximate surface area is 179 Å². The number of H-pyrrole nitrogens is 1. The van der Waals surface area contributed by atoms with Crippen LogP contribution in [0.3, 0.4) is 0 Å². The van der Waals surface area contributed by atoms with Crippen molar-refractivity contribution < 1.29 is 14.4 Å². The lowest BCUT2D eigenvalue weighted by molar-refractivity contribution is 0.0911. The van der Waals surface area contributed by atoms with Crippen LogP contribution in [0.25, 0.3) is 0 Å². The van der Waals surface area contributed by atoms with Gasteiger partial charge in [0.15, 0.2) is 5.78 Å². The summed E-state index contributed by atoms with van der Waals surface area (Å²) in [6, 6.07) is 0.380. The molecule has 0 aromatic carbocycles. The fourth-order valence-corrected chi connectivity index (χ4v) is 4.84. The number of nitrogens with one attached hydrogen (secondary N) is 3. The van der Waals surface area contributed by atoms with Crippen LogP contribution in [0.15, 0.2) is 0 Å². The van der Waals surface area contributed by atoms with Crippen molar-refractivity contribution >= 4 is 17.7 Å². The molecule has 1 aromatic heterocycles. The van der Waals surface area contributed by atoms with E-state index in [0.29, 0.717) is 36.8 Å². The predicted octanol–water partition coefficient (Wildman–Crippen LogP) is 3.71. The molecule has 7 heteroatoms. The van der Waals surface area contributed by atoms with E-state index in [-0.39, 0.29) is 23.8 Å². The van der Waals surface area contributed by atoms with Crippen molar-refractivity contribution in [2.24, 2.45) is 0 Å². The summed E-state index contributed by atoms with van der Waals surface area (Å²) in [5.41, 5.74) is 2.74. The van der Waals surface area contributed by atoms with Crippen LogP contribution >= 0.6 is 0 Å². The maximum atomic E-state index is 12.9. The van der Waals surface area contributed by atoms with Gasteiger partial charge in [-0.1, -0.05) is 32.6 Å². The number of carbonyl (C=O) groups is 3. The molecule has 1 saturated heterocycles. The minimum atomic E-state index is -0.154.